The van der Waals surface area contributed by atoms with Gasteiger partial charge in [-0.15, -0.1) is 0 Å². The summed E-state index contributed by atoms with van der Waals surface area (Å²) in [5.41, 5.74) is -4.57. The highest BCUT2D eigenvalue weighted by Gasteiger charge is 2.60. The number of alkyl halides is 3. The lowest BCUT2D eigenvalue weighted by Crippen LogP contribution is -2.58. The lowest BCUT2D eigenvalue weighted by Gasteiger charge is -2.40. The summed E-state index contributed by atoms with van der Waals surface area (Å²) in [6.07, 6.45) is -1.01. The summed E-state index contributed by atoms with van der Waals surface area (Å²) >= 11 is 5.96. The summed E-state index contributed by atoms with van der Waals surface area (Å²) in [6, 6.07) is -1.19. The molecule has 4 unspecified atom stereocenters. The van der Waals surface area contributed by atoms with E-state index in [-0.39, 0.29) is 11.4 Å². The number of hydrogen-bond acceptors (Lipinski definition) is 5. The first-order chi connectivity index (χ1) is 14.9. The number of benzene rings is 1. The fourth-order valence-electron chi connectivity index (χ4n) is 3.55. The highest BCUT2D eigenvalue weighted by atomic mass is 35.5. The van der Waals surface area contributed by atoms with Crippen molar-refractivity contribution in [2.24, 2.45) is 5.92 Å². The molecule has 3 rings (SSSR count). The third-order valence-electron chi connectivity index (χ3n) is 5.27. The number of amides is 1. The Morgan fingerprint density at radius 1 is 1.31 bits per heavy atom. The van der Waals surface area contributed by atoms with Crippen LogP contribution < -0.4 is 15.4 Å². The summed E-state index contributed by atoms with van der Waals surface area (Å²) < 4.78 is 75.0. The molecule has 12 heteroatoms. The second kappa shape index (κ2) is 8.72. The van der Waals surface area contributed by atoms with Crippen molar-refractivity contribution in [3.05, 3.63) is 64.4 Å². The molecule has 1 heterocycles. The monoisotopic (exact) mass is 480 g/mol. The zero-order chi connectivity index (χ0) is 23.8. The Labute approximate surface area is 184 Å². The molecule has 0 fully saturated rings. The molecule has 1 aromatic carbocycles. The van der Waals surface area contributed by atoms with Crippen LogP contribution in [0.2, 0.25) is 5.02 Å². The fraction of sp³-hybridized carbons (Fsp3) is 0.350. The minimum absolute atomic E-state index is 0.167. The van der Waals surface area contributed by atoms with Gasteiger partial charge in [0.15, 0.2) is 11.6 Å². The zero-order valence-corrected chi connectivity index (χ0v) is 17.1. The molecule has 2 aliphatic rings. The van der Waals surface area contributed by atoms with E-state index in [9.17, 15) is 37.0 Å². The number of aliphatic hydroxyl groups excluding tert-OH is 1. The van der Waals surface area contributed by atoms with Crippen LogP contribution in [0.5, 0.6) is 5.75 Å². The summed E-state index contributed by atoms with van der Waals surface area (Å²) in [7, 11) is 1.12. The summed E-state index contributed by atoms with van der Waals surface area (Å²) in [6.45, 7) is -1.82. The summed E-state index contributed by atoms with van der Waals surface area (Å²) in [5.74, 6) is -3.77. The number of rotatable bonds is 6. The number of ether oxygens (including phenoxy) is 1. The van der Waals surface area contributed by atoms with E-state index in [1.807, 2.05) is 0 Å². The fourth-order valence-corrected chi connectivity index (χ4v) is 3.82. The first-order valence-corrected chi connectivity index (χ1v) is 9.56. The molecule has 0 saturated heterocycles. The standard InChI is InChI=1S/C20H18ClF5N2O4/c1-32-14-4-2-11(16(21)17(14)23)18(19(31,8-29)20(24,25)26)28-13-7-9(22)6-12-10(13)3-5-15(30)27-12/h2-7,10,12,18,28-29,31H,8H2,1H3,(H,27,30). The second-order valence-electron chi connectivity index (χ2n) is 7.21. The molecule has 0 aromatic heterocycles. The van der Waals surface area contributed by atoms with Gasteiger partial charge in [0.2, 0.25) is 11.5 Å². The lowest BCUT2D eigenvalue weighted by atomic mass is 9.84. The van der Waals surface area contributed by atoms with E-state index in [2.05, 4.69) is 10.6 Å². The van der Waals surface area contributed by atoms with E-state index in [0.717, 1.165) is 37.5 Å². The maximum absolute atomic E-state index is 14.5. The molecule has 4 atom stereocenters. The molecule has 174 valence electrons. The van der Waals surface area contributed by atoms with Crippen LogP contribution in [0.25, 0.3) is 0 Å². The normalized spacial score (nSPS) is 23.3. The van der Waals surface area contributed by atoms with E-state index in [1.54, 1.807) is 0 Å². The second-order valence-corrected chi connectivity index (χ2v) is 7.59. The van der Waals surface area contributed by atoms with E-state index in [1.165, 1.54) is 6.08 Å². The summed E-state index contributed by atoms with van der Waals surface area (Å²) in [4.78, 5) is 11.6. The smallest absolute Gasteiger partial charge is 0.421 e. The molecule has 1 aliphatic carbocycles. The predicted molar refractivity (Wildman–Crippen MR) is 104 cm³/mol. The van der Waals surface area contributed by atoms with Gasteiger partial charge in [-0.3, -0.25) is 4.79 Å². The molecule has 0 radical (unpaired) electrons. The molecular formula is C20H18ClF5N2O4. The topological polar surface area (TPSA) is 90.8 Å². The molecule has 1 aromatic rings. The molecule has 4 N–H and O–H groups in total. The number of carbonyl (C=O) groups is 1. The van der Waals surface area contributed by atoms with Gasteiger partial charge in [-0.1, -0.05) is 23.7 Å². The van der Waals surface area contributed by atoms with Crippen LogP contribution in [-0.2, 0) is 4.79 Å². The van der Waals surface area contributed by atoms with Gasteiger partial charge >= 0.3 is 6.18 Å². The Morgan fingerprint density at radius 2 is 2.00 bits per heavy atom. The Kier molecular flexibility index (Phi) is 6.55. The van der Waals surface area contributed by atoms with Crippen LogP contribution in [0.4, 0.5) is 22.0 Å². The Hall–Kier alpha value is -2.63. The van der Waals surface area contributed by atoms with Crippen molar-refractivity contribution in [2.75, 3.05) is 13.7 Å². The molecule has 1 aliphatic heterocycles. The predicted octanol–water partition coefficient (Wildman–Crippen LogP) is 2.83. The average molecular weight is 481 g/mol. The Morgan fingerprint density at radius 3 is 2.59 bits per heavy atom. The van der Waals surface area contributed by atoms with Gasteiger partial charge in [-0.25, -0.2) is 8.78 Å². The van der Waals surface area contributed by atoms with E-state index in [4.69, 9.17) is 16.3 Å². The number of hydrogen-bond donors (Lipinski definition) is 4. The average Bonchev–Trinajstić information content (AvgIpc) is 2.72. The number of nitrogens with one attached hydrogen (secondary N) is 2. The Balaban J connectivity index is 2.14. The number of methoxy groups -OCH3 is 1. The van der Waals surface area contributed by atoms with Crippen molar-refractivity contribution in [2.45, 2.75) is 23.9 Å². The SMILES string of the molecule is COc1ccc(C(NC2=CC(F)=CC3NC(=O)C=CC23)C(O)(CO)C(F)(F)F)c(Cl)c1F. The summed E-state index contributed by atoms with van der Waals surface area (Å²) in [5, 5.41) is 24.0. The third kappa shape index (κ3) is 4.19. The van der Waals surface area contributed by atoms with Crippen molar-refractivity contribution in [3.63, 3.8) is 0 Å². The quantitative estimate of drug-likeness (QED) is 0.470. The van der Waals surface area contributed by atoms with Crippen LogP contribution in [0.15, 0.2) is 48.0 Å². The van der Waals surface area contributed by atoms with Gasteiger partial charge in [-0.2, -0.15) is 13.2 Å². The number of carbonyl (C=O) groups excluding carboxylic acids is 1. The van der Waals surface area contributed by atoms with Crippen LogP contribution in [0.3, 0.4) is 0 Å². The maximum atomic E-state index is 14.5. The first-order valence-electron chi connectivity index (χ1n) is 9.19. The van der Waals surface area contributed by atoms with Gasteiger partial charge < -0.3 is 25.6 Å². The lowest BCUT2D eigenvalue weighted by molar-refractivity contribution is -0.282. The van der Waals surface area contributed by atoms with Gasteiger partial charge in [-0.05, 0) is 29.9 Å². The number of fused-ring (bicyclic) bond motifs is 1. The van der Waals surface area contributed by atoms with Crippen LogP contribution in [-0.4, -0.2) is 47.7 Å². The van der Waals surface area contributed by atoms with Crippen LogP contribution in [0, 0.1) is 11.7 Å². The highest BCUT2D eigenvalue weighted by molar-refractivity contribution is 6.31. The molecule has 0 spiro atoms. The van der Waals surface area contributed by atoms with Gasteiger partial charge in [0.1, 0.15) is 5.83 Å². The molecular weight excluding hydrogens is 463 g/mol. The Bertz CT molecular complexity index is 1010. The minimum Gasteiger partial charge on any atom is -0.494 e. The largest absolute Gasteiger partial charge is 0.494 e. The van der Waals surface area contributed by atoms with Crippen molar-refractivity contribution < 1.29 is 41.7 Å². The number of allylic oxidation sites excluding steroid dienone is 2. The van der Waals surface area contributed by atoms with Crippen molar-refractivity contribution in [1.82, 2.24) is 10.6 Å². The molecule has 32 heavy (non-hydrogen) atoms. The van der Waals surface area contributed by atoms with E-state index in [0.29, 0.717) is 0 Å². The van der Waals surface area contributed by atoms with Gasteiger partial charge in [0.25, 0.3) is 0 Å². The minimum atomic E-state index is -5.40. The van der Waals surface area contributed by atoms with E-state index >= 15 is 0 Å². The number of aliphatic hydroxyl groups is 2. The zero-order valence-electron chi connectivity index (χ0n) is 16.4. The number of halogens is 6. The van der Waals surface area contributed by atoms with Gasteiger partial charge in [0.05, 0.1) is 30.8 Å². The van der Waals surface area contributed by atoms with Crippen LogP contribution >= 0.6 is 11.6 Å². The molecule has 0 saturated carbocycles. The van der Waals surface area contributed by atoms with Crippen molar-refractivity contribution in [3.8, 4) is 5.75 Å². The molecule has 1 amide bonds. The third-order valence-corrected chi connectivity index (χ3v) is 5.65. The maximum Gasteiger partial charge on any atom is 0.421 e. The molecule has 0 bridgehead atoms. The van der Waals surface area contributed by atoms with Crippen molar-refractivity contribution in [1.29, 1.82) is 0 Å². The van der Waals surface area contributed by atoms with Crippen LogP contribution in [0.1, 0.15) is 11.6 Å². The first kappa shape index (κ1) is 24.0. The van der Waals surface area contributed by atoms with Gasteiger partial charge in [0, 0.05) is 11.6 Å². The molecule has 6 nitrogen and oxygen atoms in total. The van der Waals surface area contributed by atoms with E-state index < -0.39 is 64.5 Å². The van der Waals surface area contributed by atoms with Crippen molar-refractivity contribution >= 4 is 17.5 Å². The highest BCUT2D eigenvalue weighted by Crippen LogP contribution is 2.44.